The number of benzene rings is 9. The first-order valence-electron chi connectivity index (χ1n) is 38.5. The molecular formula is C90H98BrClN8O12. The van der Waals surface area contributed by atoms with Gasteiger partial charge < -0.3 is 41.9 Å². The predicted octanol–water partition coefficient (Wildman–Crippen LogP) is 20.3. The summed E-state index contributed by atoms with van der Waals surface area (Å²) in [6.45, 7) is 2.27. The molecule has 0 fully saturated rings. The second-order valence-electron chi connectivity index (χ2n) is 27.8. The van der Waals surface area contributed by atoms with E-state index in [4.69, 9.17) is 53.5 Å². The number of unbranched alkanes of at least 4 members (excludes halogenated alkanes) is 14. The van der Waals surface area contributed by atoms with Gasteiger partial charge in [0.15, 0.2) is 0 Å². The fraction of sp³-hybridized carbons (Fsp3) is 0.311. The van der Waals surface area contributed by atoms with E-state index in [1.165, 1.54) is 103 Å². The quantitative estimate of drug-likeness (QED) is 0.0190. The molecule has 13 rings (SSSR count). The maximum Gasteiger partial charge on any atom is 0.323 e. The predicted molar refractivity (Wildman–Crippen MR) is 443 cm³/mol. The summed E-state index contributed by atoms with van der Waals surface area (Å²) in [6, 6.07) is 66.8. The molecule has 9 aromatic rings. The SMILES string of the molecule is CCCCCCCCCCCCCCCCCC(=O)OC1Cc2ccccc2N(C(N)=O)c2ccccc21.NC(=O)N1c2ccccc2CC(OC(=O)CBr)c2ccccc21.NC(=O)N1c2ccccc2CC(OC(=O)CCl)c2ccccc21.NC(=O)N1c2ccccc2CC(OC(=O)Cc2ccccc2)c2ccccc21. The summed E-state index contributed by atoms with van der Waals surface area (Å²) in [5.41, 5.74) is 35.6. The molecular weight excluding hydrogens is 1500 g/mol. The lowest BCUT2D eigenvalue weighted by Crippen LogP contribution is -2.32. The first-order valence-corrected chi connectivity index (χ1v) is 40.1. The number of para-hydroxylation sites is 8. The molecule has 9 aromatic carbocycles. The molecule has 0 radical (unpaired) electrons. The highest BCUT2D eigenvalue weighted by atomic mass is 79.9. The van der Waals surface area contributed by atoms with Crippen LogP contribution in [0.2, 0.25) is 0 Å². The highest BCUT2D eigenvalue weighted by molar-refractivity contribution is 9.09. The molecule has 4 unspecified atom stereocenters. The summed E-state index contributed by atoms with van der Waals surface area (Å²) >= 11 is 8.67. The lowest BCUT2D eigenvalue weighted by atomic mass is 10.0. The number of amides is 8. The van der Waals surface area contributed by atoms with E-state index >= 15 is 0 Å². The fourth-order valence-electron chi connectivity index (χ4n) is 14.8. The lowest BCUT2D eigenvalue weighted by molar-refractivity contribution is -0.150. The van der Waals surface area contributed by atoms with Crippen LogP contribution in [-0.2, 0) is 70.2 Å². The standard InChI is InChI=1S/C33H48N2O3.C23H20N2O3.C17H15BrN2O3.C17H15ClN2O3/c1-2-3-4-5-6-7-8-9-10-11-12-13-14-15-16-25-32(36)38-31-26-27-21-17-19-23-29(27)35(33(34)37)30-24-20-18-22-28(30)31;24-23(27)25-19-12-6-4-10-17(19)15-21(18-11-5-7-13-20(18)25)28-22(26)14-16-8-2-1-3-9-16;2*18-10-16(21)23-15-9-11-5-1-3-7-13(11)20(17(19)22)14-8-4-2-6-12(14)15/h17-24,31H,2-16,25-26H2,1H3,(H2,34,37);1-13,21H,14-15H2,(H2,24,27);2*1-8,15H,9-10H2,(H2,19,22). The van der Waals surface area contributed by atoms with Crippen LogP contribution in [0.25, 0.3) is 0 Å². The number of fused-ring (bicyclic) bond motifs is 8. The summed E-state index contributed by atoms with van der Waals surface area (Å²) in [5.74, 6) is -1.56. The van der Waals surface area contributed by atoms with Crippen LogP contribution in [0.1, 0.15) is 184 Å². The van der Waals surface area contributed by atoms with Crippen LogP contribution >= 0.6 is 27.5 Å². The Morgan fingerprint density at radius 2 is 0.571 bits per heavy atom. The molecule has 20 nitrogen and oxygen atoms in total. The van der Waals surface area contributed by atoms with Crippen molar-refractivity contribution >= 4 is 121 Å². The molecule has 0 aliphatic carbocycles. The Kier molecular flexibility index (Phi) is 31.4. The zero-order valence-corrected chi connectivity index (χ0v) is 65.5. The van der Waals surface area contributed by atoms with Crippen molar-refractivity contribution < 1.29 is 57.3 Å². The number of rotatable bonds is 24. The third-order valence-electron chi connectivity index (χ3n) is 20.0. The maximum absolute atomic E-state index is 12.8. The third kappa shape index (κ3) is 22.3. The van der Waals surface area contributed by atoms with E-state index in [1.54, 1.807) is 12.1 Å². The van der Waals surface area contributed by atoms with Crippen molar-refractivity contribution in [2.45, 2.75) is 166 Å². The average Bonchev–Trinajstić information content (AvgIpc) is 1.65. The summed E-state index contributed by atoms with van der Waals surface area (Å²) < 4.78 is 22.9. The number of nitrogens with zero attached hydrogens (tertiary/aromatic N) is 4. The van der Waals surface area contributed by atoms with Gasteiger partial charge in [-0.2, -0.15) is 0 Å². The molecule has 0 bridgehead atoms. The Morgan fingerprint density at radius 1 is 0.321 bits per heavy atom. The molecule has 0 spiro atoms. The number of carbonyl (C=O) groups is 8. The van der Waals surface area contributed by atoms with E-state index in [2.05, 4.69) is 22.9 Å². The third-order valence-corrected chi connectivity index (χ3v) is 20.7. The number of ether oxygens (including phenoxy) is 4. The van der Waals surface area contributed by atoms with Crippen molar-refractivity contribution in [2.75, 3.05) is 30.8 Å². The second kappa shape index (κ2) is 42.2. The van der Waals surface area contributed by atoms with Crippen LogP contribution in [0.4, 0.5) is 64.7 Å². The minimum atomic E-state index is -0.589. The van der Waals surface area contributed by atoms with Gasteiger partial charge >= 0.3 is 48.0 Å². The number of halogens is 2. The molecule has 0 aromatic heterocycles. The molecule has 22 heteroatoms. The average molecular weight is 1600 g/mol. The van der Waals surface area contributed by atoms with Gasteiger partial charge in [-0.05, 0) is 82.8 Å². The molecule has 0 saturated heterocycles. The Morgan fingerprint density at radius 3 is 0.866 bits per heavy atom. The van der Waals surface area contributed by atoms with Crippen LogP contribution in [0, 0.1) is 0 Å². The number of hydrogen-bond acceptors (Lipinski definition) is 12. The number of anilines is 8. The van der Waals surface area contributed by atoms with Crippen LogP contribution in [0.15, 0.2) is 224 Å². The Hall–Kier alpha value is -11.3. The van der Waals surface area contributed by atoms with E-state index in [0.717, 1.165) is 68.6 Å². The highest BCUT2D eigenvalue weighted by Gasteiger charge is 2.36. The van der Waals surface area contributed by atoms with Crippen molar-refractivity contribution in [1.82, 2.24) is 0 Å². The number of hydrogen-bond donors (Lipinski definition) is 4. The minimum Gasteiger partial charge on any atom is -0.457 e. The highest BCUT2D eigenvalue weighted by Crippen LogP contribution is 2.46. The molecule has 584 valence electrons. The molecule has 4 aliphatic heterocycles. The van der Waals surface area contributed by atoms with Gasteiger partial charge in [-0.15, -0.1) is 11.6 Å². The molecule has 8 N–H and O–H groups in total. The van der Waals surface area contributed by atoms with Crippen LogP contribution in [-0.4, -0.2) is 59.2 Å². The maximum atomic E-state index is 12.8. The number of esters is 4. The summed E-state index contributed by atoms with van der Waals surface area (Å²) in [6.07, 6.45) is 20.1. The van der Waals surface area contributed by atoms with Crippen molar-refractivity contribution in [3.63, 3.8) is 0 Å². The normalized spacial score (nSPS) is 15.3. The summed E-state index contributed by atoms with van der Waals surface area (Å²) in [4.78, 5) is 103. The lowest BCUT2D eigenvalue weighted by Gasteiger charge is -2.23. The number of carbonyl (C=O) groups excluding carboxylic acids is 8. The van der Waals surface area contributed by atoms with Crippen molar-refractivity contribution in [1.29, 1.82) is 0 Å². The van der Waals surface area contributed by atoms with E-state index in [0.29, 0.717) is 71.9 Å². The minimum absolute atomic E-state index is 0.118. The second-order valence-corrected chi connectivity index (χ2v) is 28.6. The molecule has 4 aliphatic rings. The first-order chi connectivity index (χ1) is 54.5. The smallest absolute Gasteiger partial charge is 0.323 e. The number of nitrogens with two attached hydrogens (primary N) is 4. The molecule has 4 atom stereocenters. The Labute approximate surface area is 668 Å². The molecule has 112 heavy (non-hydrogen) atoms. The van der Waals surface area contributed by atoms with Gasteiger partial charge in [-0.3, -0.25) is 38.8 Å². The van der Waals surface area contributed by atoms with Crippen LogP contribution in [0.3, 0.4) is 0 Å². The van der Waals surface area contributed by atoms with Gasteiger partial charge in [0.1, 0.15) is 35.6 Å². The van der Waals surface area contributed by atoms with E-state index in [9.17, 15) is 38.4 Å². The zero-order valence-electron chi connectivity index (χ0n) is 63.2. The number of urea groups is 4. The topological polar surface area (TPSA) is 291 Å². The molecule has 8 amide bonds. The Balaban J connectivity index is 0.000000162. The van der Waals surface area contributed by atoms with Gasteiger partial charge in [0, 0.05) is 54.4 Å². The molecule has 4 heterocycles. The zero-order chi connectivity index (χ0) is 79.3. The van der Waals surface area contributed by atoms with Gasteiger partial charge in [-0.1, -0.05) is 289 Å². The van der Waals surface area contributed by atoms with Crippen LogP contribution < -0.4 is 42.5 Å². The van der Waals surface area contributed by atoms with Crippen LogP contribution in [0.5, 0.6) is 0 Å². The molecule has 0 saturated carbocycles. The van der Waals surface area contributed by atoms with E-state index < -0.39 is 54.5 Å². The monoisotopic (exact) mass is 1600 g/mol. The largest absolute Gasteiger partial charge is 0.457 e. The van der Waals surface area contributed by atoms with Gasteiger partial charge in [0.2, 0.25) is 0 Å². The summed E-state index contributed by atoms with van der Waals surface area (Å²) in [5, 5.41) is 0.118. The number of primary amides is 4. The van der Waals surface area contributed by atoms with Crippen molar-refractivity contribution in [3.8, 4) is 0 Å². The summed E-state index contributed by atoms with van der Waals surface area (Å²) in [7, 11) is 0. The van der Waals surface area contributed by atoms with E-state index in [-0.39, 0.29) is 35.5 Å². The fourth-order valence-corrected chi connectivity index (χ4v) is 15.0. The van der Waals surface area contributed by atoms with Gasteiger partial charge in [0.25, 0.3) is 0 Å². The van der Waals surface area contributed by atoms with Gasteiger partial charge in [0.05, 0.1) is 51.9 Å². The van der Waals surface area contributed by atoms with Crippen molar-refractivity contribution in [3.05, 3.63) is 275 Å². The van der Waals surface area contributed by atoms with E-state index in [1.807, 2.05) is 212 Å². The first kappa shape index (κ1) is 83.2. The van der Waals surface area contributed by atoms with Gasteiger partial charge in [-0.25, -0.2) is 19.2 Å². The number of alkyl halides is 2. The Bertz CT molecular complexity index is 4570. The van der Waals surface area contributed by atoms with Crippen molar-refractivity contribution in [2.24, 2.45) is 22.9 Å².